The van der Waals surface area contributed by atoms with Crippen LogP contribution in [0, 0.1) is 0 Å². The summed E-state index contributed by atoms with van der Waals surface area (Å²) in [5, 5.41) is 0. The first kappa shape index (κ1) is 15.2. The van der Waals surface area contributed by atoms with E-state index in [1.807, 2.05) is 18.2 Å². The van der Waals surface area contributed by atoms with Crippen LogP contribution >= 0.6 is 11.8 Å². The number of benzene rings is 1. The lowest BCUT2D eigenvalue weighted by Gasteiger charge is -2.17. The molecule has 0 saturated heterocycles. The van der Waals surface area contributed by atoms with Crippen molar-refractivity contribution in [2.45, 2.75) is 11.4 Å². The van der Waals surface area contributed by atoms with Gasteiger partial charge in [-0.25, -0.2) is 0 Å². The summed E-state index contributed by atoms with van der Waals surface area (Å²) in [6.45, 7) is 0.390. The third kappa shape index (κ3) is 4.13. The maximum absolute atomic E-state index is 12.5. The average molecular weight is 304 g/mol. The Hall–Kier alpha value is -2.21. The van der Waals surface area contributed by atoms with Gasteiger partial charge in [0.15, 0.2) is 0 Å². The molecule has 21 heavy (non-hydrogen) atoms. The second-order valence-electron chi connectivity index (χ2n) is 4.49. The first-order valence-corrected chi connectivity index (χ1v) is 7.34. The van der Waals surface area contributed by atoms with Gasteiger partial charge in [0.2, 0.25) is 5.91 Å². The second-order valence-corrected chi connectivity index (χ2v) is 5.51. The monoisotopic (exact) mass is 304 g/mol. The van der Waals surface area contributed by atoms with Crippen molar-refractivity contribution in [1.29, 1.82) is 0 Å². The Kier molecular flexibility index (Phi) is 5.05. The lowest BCUT2D eigenvalue weighted by atomic mass is 10.2. The summed E-state index contributed by atoms with van der Waals surface area (Å²) in [5.41, 5.74) is 5.70. The summed E-state index contributed by atoms with van der Waals surface area (Å²) in [6, 6.07) is 10.8. The number of hydrogen-bond donors (Lipinski definition) is 1. The molecule has 2 N–H and O–H groups in total. The number of primary amides is 1. The molecule has 6 heteroatoms. The number of nitrogens with two attached hydrogens (primary N) is 1. The van der Waals surface area contributed by atoms with E-state index in [0.717, 1.165) is 4.90 Å². The number of rotatable bonds is 6. The van der Waals surface area contributed by atoms with Crippen molar-refractivity contribution < 1.29 is 14.0 Å². The molecule has 110 valence electrons. The fourth-order valence-corrected chi connectivity index (χ4v) is 2.62. The molecule has 0 atom stereocenters. The van der Waals surface area contributed by atoms with E-state index in [2.05, 4.69) is 0 Å². The number of furan rings is 1. The van der Waals surface area contributed by atoms with Gasteiger partial charge in [-0.1, -0.05) is 12.1 Å². The van der Waals surface area contributed by atoms with Crippen molar-refractivity contribution in [2.24, 2.45) is 5.73 Å². The van der Waals surface area contributed by atoms with E-state index in [0.29, 0.717) is 17.9 Å². The Bertz CT molecular complexity index is 626. The molecule has 1 aromatic heterocycles. The molecule has 2 amide bonds. The first-order valence-electron chi connectivity index (χ1n) is 6.36. The van der Waals surface area contributed by atoms with E-state index >= 15 is 0 Å². The van der Waals surface area contributed by atoms with Crippen molar-refractivity contribution in [3.63, 3.8) is 0 Å². The van der Waals surface area contributed by atoms with E-state index in [1.165, 1.54) is 11.8 Å². The zero-order chi connectivity index (χ0) is 15.2. The summed E-state index contributed by atoms with van der Waals surface area (Å²) in [6.07, 6.45) is 1.57. The Balaban J connectivity index is 2.12. The standard InChI is InChI=1S/C15H16N2O3S/c1-17(9-11-5-4-8-20-11)15(19)12-6-2-3-7-13(12)21-10-14(16)18/h2-8H,9-10H2,1H3,(H2,16,18). The molecule has 2 aromatic rings. The lowest BCUT2D eigenvalue weighted by molar-refractivity contribution is -0.115. The molecule has 0 aliphatic carbocycles. The van der Waals surface area contributed by atoms with Crippen LogP contribution in [0.15, 0.2) is 52.0 Å². The fraction of sp³-hybridized carbons (Fsp3) is 0.200. The Labute approximate surface area is 127 Å². The summed E-state index contributed by atoms with van der Waals surface area (Å²) in [7, 11) is 1.71. The van der Waals surface area contributed by atoms with E-state index in [-0.39, 0.29) is 11.7 Å². The van der Waals surface area contributed by atoms with Gasteiger partial charge < -0.3 is 15.1 Å². The molecule has 0 fully saturated rings. The third-order valence-electron chi connectivity index (χ3n) is 2.81. The average Bonchev–Trinajstić information content (AvgIpc) is 2.97. The van der Waals surface area contributed by atoms with Crippen molar-refractivity contribution in [1.82, 2.24) is 4.90 Å². The first-order chi connectivity index (χ1) is 10.1. The molecule has 0 aliphatic rings. The largest absolute Gasteiger partial charge is 0.467 e. The highest BCUT2D eigenvalue weighted by Crippen LogP contribution is 2.23. The SMILES string of the molecule is CN(Cc1ccco1)C(=O)c1ccccc1SCC(N)=O. The number of carbonyl (C=O) groups excluding carboxylic acids is 2. The highest BCUT2D eigenvalue weighted by Gasteiger charge is 2.17. The molecule has 0 spiro atoms. The van der Waals surface area contributed by atoms with E-state index in [9.17, 15) is 9.59 Å². The zero-order valence-electron chi connectivity index (χ0n) is 11.6. The number of hydrogen-bond acceptors (Lipinski definition) is 4. The molecular weight excluding hydrogens is 288 g/mol. The van der Waals surface area contributed by atoms with Crippen molar-refractivity contribution >= 4 is 23.6 Å². The lowest BCUT2D eigenvalue weighted by Crippen LogP contribution is -2.26. The molecule has 1 heterocycles. The third-order valence-corrected chi connectivity index (χ3v) is 3.90. The van der Waals surface area contributed by atoms with Gasteiger partial charge in [0.05, 0.1) is 24.1 Å². The maximum atomic E-state index is 12.5. The van der Waals surface area contributed by atoms with Crippen molar-refractivity contribution in [3.8, 4) is 0 Å². The molecule has 0 saturated carbocycles. The van der Waals surface area contributed by atoms with Crippen LogP contribution in [0.3, 0.4) is 0 Å². The molecule has 2 rings (SSSR count). The minimum Gasteiger partial charge on any atom is -0.467 e. The van der Waals surface area contributed by atoms with E-state index in [4.69, 9.17) is 10.2 Å². The zero-order valence-corrected chi connectivity index (χ0v) is 12.4. The number of thioether (sulfide) groups is 1. The minimum atomic E-state index is -0.411. The second kappa shape index (κ2) is 6.99. The van der Waals surface area contributed by atoms with Crippen LogP contribution in [-0.2, 0) is 11.3 Å². The molecule has 0 unspecified atom stereocenters. The topological polar surface area (TPSA) is 76.5 Å². The smallest absolute Gasteiger partial charge is 0.255 e. The van der Waals surface area contributed by atoms with Crippen LogP contribution in [0.1, 0.15) is 16.1 Å². The summed E-state index contributed by atoms with van der Waals surface area (Å²) < 4.78 is 5.24. The highest BCUT2D eigenvalue weighted by molar-refractivity contribution is 8.00. The molecule has 1 aromatic carbocycles. The molecular formula is C15H16N2O3S. The predicted molar refractivity (Wildman–Crippen MR) is 80.9 cm³/mol. The predicted octanol–water partition coefficient (Wildman–Crippen LogP) is 2.13. The van der Waals surface area contributed by atoms with Crippen molar-refractivity contribution in [3.05, 3.63) is 54.0 Å². The van der Waals surface area contributed by atoms with Gasteiger partial charge in [0, 0.05) is 11.9 Å². The molecule has 0 bridgehead atoms. The molecule has 5 nitrogen and oxygen atoms in total. The van der Waals surface area contributed by atoms with Crippen LogP contribution < -0.4 is 5.73 Å². The quantitative estimate of drug-likeness (QED) is 0.829. The van der Waals surface area contributed by atoms with Crippen LogP contribution in [-0.4, -0.2) is 29.5 Å². The summed E-state index contributed by atoms with van der Waals surface area (Å²) >= 11 is 1.26. The summed E-state index contributed by atoms with van der Waals surface area (Å²) in [5.74, 6) is 0.324. The minimum absolute atomic E-state index is 0.126. The van der Waals surface area contributed by atoms with Gasteiger partial charge in [-0.05, 0) is 24.3 Å². The molecule has 0 aliphatic heterocycles. The van der Waals surface area contributed by atoms with E-state index < -0.39 is 5.91 Å². The normalized spacial score (nSPS) is 10.3. The number of carbonyl (C=O) groups is 2. The number of nitrogens with zero attached hydrogens (tertiary/aromatic N) is 1. The van der Waals surface area contributed by atoms with Gasteiger partial charge in [-0.15, -0.1) is 11.8 Å². The van der Waals surface area contributed by atoms with Gasteiger partial charge in [-0.3, -0.25) is 9.59 Å². The van der Waals surface area contributed by atoms with Gasteiger partial charge in [0.25, 0.3) is 5.91 Å². The Morgan fingerprint density at radius 1 is 1.24 bits per heavy atom. The van der Waals surface area contributed by atoms with Gasteiger partial charge >= 0.3 is 0 Å². The van der Waals surface area contributed by atoms with Crippen LogP contribution in [0.2, 0.25) is 0 Å². The summed E-state index contributed by atoms with van der Waals surface area (Å²) in [4.78, 5) is 25.7. The van der Waals surface area contributed by atoms with Crippen LogP contribution in [0.25, 0.3) is 0 Å². The number of amides is 2. The fourth-order valence-electron chi connectivity index (χ4n) is 1.83. The van der Waals surface area contributed by atoms with E-state index in [1.54, 1.807) is 36.4 Å². The van der Waals surface area contributed by atoms with Crippen LogP contribution in [0.5, 0.6) is 0 Å². The van der Waals surface area contributed by atoms with Crippen LogP contribution in [0.4, 0.5) is 0 Å². The van der Waals surface area contributed by atoms with Gasteiger partial charge in [0.1, 0.15) is 5.76 Å². The Morgan fingerprint density at radius 2 is 2.00 bits per heavy atom. The van der Waals surface area contributed by atoms with Gasteiger partial charge in [-0.2, -0.15) is 0 Å². The maximum Gasteiger partial charge on any atom is 0.255 e. The Morgan fingerprint density at radius 3 is 2.67 bits per heavy atom. The molecule has 0 radical (unpaired) electrons. The highest BCUT2D eigenvalue weighted by atomic mass is 32.2. The van der Waals surface area contributed by atoms with Crippen molar-refractivity contribution in [2.75, 3.05) is 12.8 Å².